The van der Waals surface area contributed by atoms with Crippen LogP contribution in [0.4, 0.5) is 11.4 Å². The highest BCUT2D eigenvalue weighted by molar-refractivity contribution is 5.99. The molecule has 2 aromatic carbocycles. The Morgan fingerprint density at radius 3 is 2.81 bits per heavy atom. The van der Waals surface area contributed by atoms with E-state index >= 15 is 0 Å². The van der Waals surface area contributed by atoms with E-state index in [0.29, 0.717) is 25.9 Å². The Balaban J connectivity index is 1.66. The first kappa shape index (κ1) is 17.1. The molecule has 6 nitrogen and oxygen atoms in total. The Morgan fingerprint density at radius 2 is 2.07 bits per heavy atom. The Labute approximate surface area is 157 Å². The summed E-state index contributed by atoms with van der Waals surface area (Å²) in [5, 5.41) is 15.0. The lowest BCUT2D eigenvalue weighted by Crippen LogP contribution is -2.43. The predicted molar refractivity (Wildman–Crippen MR) is 103 cm³/mol. The highest BCUT2D eigenvalue weighted by atomic mass is 16.2. The molecule has 0 bridgehead atoms. The zero-order valence-electron chi connectivity index (χ0n) is 15.1. The summed E-state index contributed by atoms with van der Waals surface area (Å²) in [6.45, 7) is 2.58. The molecule has 2 heterocycles. The number of nitriles is 1. The largest absolute Gasteiger partial charge is 0.326 e. The molecule has 4 rings (SSSR count). The molecule has 0 saturated carbocycles. The van der Waals surface area contributed by atoms with Gasteiger partial charge in [-0.15, -0.1) is 0 Å². The number of carbonyl (C=O) groups excluding carboxylic acids is 2. The number of hydrogen-bond donors (Lipinski definition) is 2. The highest BCUT2D eigenvalue weighted by Gasteiger charge is 2.47. The van der Waals surface area contributed by atoms with E-state index in [0.717, 1.165) is 28.1 Å². The number of hydrogen-bond acceptors (Lipinski definition) is 4. The molecule has 2 aliphatic rings. The SMILES string of the molecule is CC(=O)Nc1cccc(-c2ccc3c(c2)CC2(CCN(C#N)C2)C(=O)N3)c1. The van der Waals surface area contributed by atoms with Crippen LogP contribution in [0.1, 0.15) is 18.9 Å². The summed E-state index contributed by atoms with van der Waals surface area (Å²) in [6, 6.07) is 13.7. The van der Waals surface area contributed by atoms with Crippen LogP contribution in [0.25, 0.3) is 11.1 Å². The van der Waals surface area contributed by atoms with Crippen molar-refractivity contribution in [2.45, 2.75) is 19.8 Å². The van der Waals surface area contributed by atoms with Crippen molar-refractivity contribution in [2.24, 2.45) is 5.41 Å². The minimum atomic E-state index is -0.528. The van der Waals surface area contributed by atoms with Gasteiger partial charge in [0.2, 0.25) is 11.8 Å². The van der Waals surface area contributed by atoms with Gasteiger partial charge in [0, 0.05) is 31.4 Å². The van der Waals surface area contributed by atoms with Crippen LogP contribution in [-0.4, -0.2) is 29.8 Å². The maximum atomic E-state index is 12.7. The van der Waals surface area contributed by atoms with Gasteiger partial charge in [-0.3, -0.25) is 9.59 Å². The molecule has 27 heavy (non-hydrogen) atoms. The van der Waals surface area contributed by atoms with Crippen LogP contribution in [0, 0.1) is 16.9 Å². The fraction of sp³-hybridized carbons (Fsp3) is 0.286. The lowest BCUT2D eigenvalue weighted by Gasteiger charge is -2.33. The van der Waals surface area contributed by atoms with Crippen LogP contribution in [0.2, 0.25) is 0 Å². The van der Waals surface area contributed by atoms with Gasteiger partial charge < -0.3 is 15.5 Å². The smallest absolute Gasteiger partial charge is 0.232 e. The molecule has 1 fully saturated rings. The summed E-state index contributed by atoms with van der Waals surface area (Å²) in [5.41, 5.74) is 4.17. The average molecular weight is 360 g/mol. The van der Waals surface area contributed by atoms with Gasteiger partial charge in [-0.2, -0.15) is 5.26 Å². The van der Waals surface area contributed by atoms with Crippen molar-refractivity contribution >= 4 is 23.2 Å². The molecule has 0 radical (unpaired) electrons. The maximum Gasteiger partial charge on any atom is 0.232 e. The second-order valence-corrected chi connectivity index (χ2v) is 7.32. The fourth-order valence-corrected chi connectivity index (χ4v) is 4.01. The lowest BCUT2D eigenvalue weighted by atomic mass is 9.76. The van der Waals surface area contributed by atoms with Crippen molar-refractivity contribution in [3.63, 3.8) is 0 Å². The zero-order chi connectivity index (χ0) is 19.0. The van der Waals surface area contributed by atoms with Gasteiger partial charge in [0.1, 0.15) is 0 Å². The second kappa shape index (κ2) is 6.44. The zero-order valence-corrected chi connectivity index (χ0v) is 15.1. The van der Waals surface area contributed by atoms with E-state index in [1.54, 1.807) is 4.90 Å². The van der Waals surface area contributed by atoms with Crippen molar-refractivity contribution in [3.8, 4) is 17.3 Å². The van der Waals surface area contributed by atoms with Crippen molar-refractivity contribution in [2.75, 3.05) is 23.7 Å². The fourth-order valence-electron chi connectivity index (χ4n) is 4.01. The third-order valence-electron chi connectivity index (χ3n) is 5.38. The molecule has 2 amide bonds. The van der Waals surface area contributed by atoms with Gasteiger partial charge in [-0.25, -0.2) is 0 Å². The van der Waals surface area contributed by atoms with E-state index in [1.807, 2.05) is 36.4 Å². The summed E-state index contributed by atoms with van der Waals surface area (Å²) >= 11 is 0. The number of likely N-dealkylation sites (tertiary alicyclic amines) is 1. The van der Waals surface area contributed by atoms with Crippen LogP contribution >= 0.6 is 0 Å². The molecule has 6 heteroatoms. The molecule has 2 aliphatic heterocycles. The molecule has 136 valence electrons. The number of anilines is 2. The van der Waals surface area contributed by atoms with E-state index in [1.165, 1.54) is 6.92 Å². The van der Waals surface area contributed by atoms with Crippen molar-refractivity contribution in [3.05, 3.63) is 48.0 Å². The molecule has 1 atom stereocenters. The number of carbonyl (C=O) groups is 2. The number of nitrogens with zero attached hydrogens (tertiary/aromatic N) is 2. The normalized spacial score (nSPS) is 20.7. The van der Waals surface area contributed by atoms with E-state index in [4.69, 9.17) is 5.26 Å². The van der Waals surface area contributed by atoms with E-state index in [-0.39, 0.29) is 11.8 Å². The molecule has 2 aromatic rings. The van der Waals surface area contributed by atoms with Crippen LogP contribution in [0.3, 0.4) is 0 Å². The van der Waals surface area contributed by atoms with Gasteiger partial charge in [0.15, 0.2) is 6.19 Å². The monoisotopic (exact) mass is 360 g/mol. The molecule has 1 unspecified atom stereocenters. The first-order valence-corrected chi connectivity index (χ1v) is 8.96. The van der Waals surface area contributed by atoms with Crippen molar-refractivity contribution in [1.29, 1.82) is 5.26 Å². The average Bonchev–Trinajstić information content (AvgIpc) is 3.06. The van der Waals surface area contributed by atoms with Crippen molar-refractivity contribution in [1.82, 2.24) is 4.90 Å². The molecule has 1 spiro atoms. The summed E-state index contributed by atoms with van der Waals surface area (Å²) < 4.78 is 0. The van der Waals surface area contributed by atoms with Crippen molar-refractivity contribution < 1.29 is 9.59 Å². The lowest BCUT2D eigenvalue weighted by molar-refractivity contribution is -0.125. The van der Waals surface area contributed by atoms with Gasteiger partial charge in [-0.1, -0.05) is 18.2 Å². The third-order valence-corrected chi connectivity index (χ3v) is 5.38. The third kappa shape index (κ3) is 3.13. The molecule has 2 N–H and O–H groups in total. The van der Waals surface area contributed by atoms with E-state index < -0.39 is 5.41 Å². The second-order valence-electron chi connectivity index (χ2n) is 7.32. The quantitative estimate of drug-likeness (QED) is 0.806. The first-order chi connectivity index (χ1) is 13.0. The molecular weight excluding hydrogens is 340 g/mol. The maximum absolute atomic E-state index is 12.7. The Kier molecular flexibility index (Phi) is 4.08. The van der Waals surface area contributed by atoms with Gasteiger partial charge in [0.25, 0.3) is 0 Å². The minimum absolute atomic E-state index is 0.00755. The van der Waals surface area contributed by atoms with Crippen LogP contribution in [0.5, 0.6) is 0 Å². The van der Waals surface area contributed by atoms with Gasteiger partial charge in [-0.05, 0) is 53.8 Å². The summed E-state index contributed by atoms with van der Waals surface area (Å²) in [5.74, 6) is -0.0984. The predicted octanol–water partition coefficient (Wildman–Crippen LogP) is 2.98. The summed E-state index contributed by atoms with van der Waals surface area (Å²) in [6.07, 6.45) is 3.48. The number of amides is 2. The Bertz CT molecular complexity index is 978. The van der Waals surface area contributed by atoms with Gasteiger partial charge in [0.05, 0.1) is 5.41 Å². The molecule has 1 saturated heterocycles. The summed E-state index contributed by atoms with van der Waals surface area (Å²) in [7, 11) is 0. The van der Waals surface area contributed by atoms with Crippen LogP contribution < -0.4 is 10.6 Å². The molecule has 0 aliphatic carbocycles. The number of rotatable bonds is 2. The first-order valence-electron chi connectivity index (χ1n) is 8.96. The Morgan fingerprint density at radius 1 is 1.26 bits per heavy atom. The topological polar surface area (TPSA) is 85.2 Å². The van der Waals surface area contributed by atoms with E-state index in [9.17, 15) is 9.59 Å². The highest BCUT2D eigenvalue weighted by Crippen LogP contribution is 2.41. The number of benzene rings is 2. The number of fused-ring (bicyclic) bond motifs is 1. The van der Waals surface area contributed by atoms with E-state index in [2.05, 4.69) is 22.9 Å². The van der Waals surface area contributed by atoms with Crippen LogP contribution in [0.15, 0.2) is 42.5 Å². The molecular formula is C21H20N4O2. The molecule has 0 aromatic heterocycles. The Hall–Kier alpha value is -3.33. The van der Waals surface area contributed by atoms with Crippen LogP contribution in [-0.2, 0) is 16.0 Å². The summed E-state index contributed by atoms with van der Waals surface area (Å²) in [4.78, 5) is 25.6. The number of nitrogens with one attached hydrogen (secondary N) is 2. The standard InChI is InChI=1S/C21H20N4O2/c1-14(26)23-18-4-2-3-15(10-18)16-5-6-19-17(9-16)11-21(20(27)24-19)7-8-25(12-21)13-22/h2-6,9-10H,7-8,11-12H2,1H3,(H,23,26)(H,24,27). The minimum Gasteiger partial charge on any atom is -0.326 e. The van der Waals surface area contributed by atoms with Gasteiger partial charge >= 0.3 is 0 Å².